The van der Waals surface area contributed by atoms with Crippen LogP contribution in [0.1, 0.15) is 35.2 Å². The molecule has 0 unspecified atom stereocenters. The summed E-state index contributed by atoms with van der Waals surface area (Å²) in [6, 6.07) is 9.88. The van der Waals surface area contributed by atoms with E-state index in [0.717, 1.165) is 12.1 Å². The largest absolute Gasteiger partial charge is 0.294 e. The van der Waals surface area contributed by atoms with Crippen LogP contribution in [0.3, 0.4) is 0 Å². The monoisotopic (exact) mass is 322 g/mol. The molecule has 2 aromatic rings. The van der Waals surface area contributed by atoms with Crippen LogP contribution in [-0.2, 0) is 0 Å². The fourth-order valence-electron chi connectivity index (χ4n) is 2.20. The topological polar surface area (TPSA) is 17.1 Å². The number of benzene rings is 2. The Balaban J connectivity index is 1.98. The first-order valence-corrected chi connectivity index (χ1v) is 7.06. The molecular formula is C18H14F4O. The molecule has 0 spiro atoms. The molecule has 0 saturated heterocycles. The fraction of sp³-hybridized carbons (Fsp3) is 0.167. The quantitative estimate of drug-likeness (QED) is 0.498. The van der Waals surface area contributed by atoms with Crippen LogP contribution in [0.15, 0.2) is 54.6 Å². The van der Waals surface area contributed by atoms with Gasteiger partial charge in [0, 0.05) is 17.6 Å². The van der Waals surface area contributed by atoms with Crippen LogP contribution < -0.4 is 0 Å². The number of allylic oxidation sites excluding steroid dienone is 1. The van der Waals surface area contributed by atoms with Crippen molar-refractivity contribution in [3.05, 3.63) is 77.4 Å². The van der Waals surface area contributed by atoms with E-state index in [4.69, 9.17) is 0 Å². The molecule has 0 heterocycles. The SMILES string of the molecule is O=C(CCCC(=C(F)F)c1ccc(F)cc1)c1ccc(F)cc1. The van der Waals surface area contributed by atoms with Gasteiger partial charge >= 0.3 is 0 Å². The van der Waals surface area contributed by atoms with Crippen molar-refractivity contribution >= 4 is 11.4 Å². The van der Waals surface area contributed by atoms with Gasteiger partial charge in [-0.2, -0.15) is 8.78 Å². The third kappa shape index (κ3) is 4.77. The first-order chi connectivity index (χ1) is 11.0. The van der Waals surface area contributed by atoms with E-state index in [1.165, 1.54) is 36.4 Å². The van der Waals surface area contributed by atoms with E-state index >= 15 is 0 Å². The van der Waals surface area contributed by atoms with E-state index in [1.54, 1.807) is 0 Å². The van der Waals surface area contributed by atoms with Gasteiger partial charge in [0.15, 0.2) is 5.78 Å². The van der Waals surface area contributed by atoms with Crippen molar-refractivity contribution in [2.45, 2.75) is 19.3 Å². The molecule has 0 aliphatic carbocycles. The first kappa shape index (κ1) is 16.9. The predicted octanol–water partition coefficient (Wildman–Crippen LogP) is 5.63. The number of carbonyl (C=O) groups is 1. The Bertz CT molecular complexity index is 699. The Labute approximate surface area is 131 Å². The van der Waals surface area contributed by atoms with Crippen molar-refractivity contribution in [2.75, 3.05) is 0 Å². The van der Waals surface area contributed by atoms with Gasteiger partial charge in [0.2, 0.25) is 0 Å². The normalized spacial score (nSPS) is 10.4. The molecule has 0 aliphatic heterocycles. The smallest absolute Gasteiger partial charge is 0.274 e. The first-order valence-electron chi connectivity index (χ1n) is 7.06. The molecule has 0 amide bonds. The van der Waals surface area contributed by atoms with Gasteiger partial charge < -0.3 is 0 Å². The third-order valence-corrected chi connectivity index (χ3v) is 3.42. The predicted molar refractivity (Wildman–Crippen MR) is 80.1 cm³/mol. The number of rotatable bonds is 6. The van der Waals surface area contributed by atoms with Crippen molar-refractivity contribution in [3.8, 4) is 0 Å². The maximum Gasteiger partial charge on any atom is 0.274 e. The zero-order chi connectivity index (χ0) is 16.8. The summed E-state index contributed by atoms with van der Waals surface area (Å²) >= 11 is 0. The minimum atomic E-state index is -1.84. The van der Waals surface area contributed by atoms with Gasteiger partial charge in [0.25, 0.3) is 6.08 Å². The standard InChI is InChI=1S/C18H14F4O/c19-14-8-4-12(5-9-14)16(18(21)22)2-1-3-17(23)13-6-10-15(20)11-7-13/h4-11H,1-3H2. The average Bonchev–Trinajstić information content (AvgIpc) is 2.53. The number of ketones is 1. The molecule has 23 heavy (non-hydrogen) atoms. The Hall–Kier alpha value is -2.43. The van der Waals surface area contributed by atoms with Crippen LogP contribution in [0.4, 0.5) is 17.6 Å². The number of carbonyl (C=O) groups excluding carboxylic acids is 1. The molecule has 2 rings (SSSR count). The molecule has 5 heteroatoms. The lowest BCUT2D eigenvalue weighted by Crippen LogP contribution is -1.99. The molecule has 0 N–H and O–H groups in total. The van der Waals surface area contributed by atoms with Crippen molar-refractivity contribution in [1.82, 2.24) is 0 Å². The van der Waals surface area contributed by atoms with Gasteiger partial charge in [-0.3, -0.25) is 4.79 Å². The summed E-state index contributed by atoms with van der Waals surface area (Å²) in [5.74, 6) is -1.18. The highest BCUT2D eigenvalue weighted by atomic mass is 19.3. The fourth-order valence-corrected chi connectivity index (χ4v) is 2.20. The number of halogens is 4. The van der Waals surface area contributed by atoms with Crippen molar-refractivity contribution in [2.24, 2.45) is 0 Å². The molecule has 2 aromatic carbocycles. The molecule has 1 nitrogen and oxygen atoms in total. The van der Waals surface area contributed by atoms with Crippen LogP contribution in [-0.4, -0.2) is 5.78 Å². The second kappa shape index (κ2) is 7.72. The highest BCUT2D eigenvalue weighted by molar-refractivity contribution is 5.96. The Kier molecular flexibility index (Phi) is 5.68. The highest BCUT2D eigenvalue weighted by Crippen LogP contribution is 2.26. The number of hydrogen-bond donors (Lipinski definition) is 0. The van der Waals surface area contributed by atoms with E-state index in [2.05, 4.69) is 0 Å². The second-order valence-electron chi connectivity index (χ2n) is 5.03. The number of hydrogen-bond acceptors (Lipinski definition) is 1. The zero-order valence-electron chi connectivity index (χ0n) is 12.2. The summed E-state index contributed by atoms with van der Waals surface area (Å²) in [7, 11) is 0. The minimum absolute atomic E-state index is 0.000893. The summed E-state index contributed by atoms with van der Waals surface area (Å²) in [5, 5.41) is 0. The lowest BCUT2D eigenvalue weighted by atomic mass is 9.99. The van der Waals surface area contributed by atoms with E-state index in [0.29, 0.717) is 5.56 Å². The maximum absolute atomic E-state index is 13.0. The highest BCUT2D eigenvalue weighted by Gasteiger charge is 2.12. The Morgan fingerprint density at radius 1 is 0.739 bits per heavy atom. The Morgan fingerprint density at radius 3 is 1.70 bits per heavy atom. The summed E-state index contributed by atoms with van der Waals surface area (Å²) in [4.78, 5) is 11.9. The van der Waals surface area contributed by atoms with Crippen LogP contribution in [0, 0.1) is 11.6 Å². The zero-order valence-corrected chi connectivity index (χ0v) is 12.2. The molecule has 0 aromatic heterocycles. The van der Waals surface area contributed by atoms with Crippen molar-refractivity contribution in [3.63, 3.8) is 0 Å². The van der Waals surface area contributed by atoms with E-state index in [9.17, 15) is 22.4 Å². The van der Waals surface area contributed by atoms with Crippen LogP contribution in [0.5, 0.6) is 0 Å². The minimum Gasteiger partial charge on any atom is -0.294 e. The van der Waals surface area contributed by atoms with Crippen molar-refractivity contribution < 1.29 is 22.4 Å². The van der Waals surface area contributed by atoms with Crippen LogP contribution >= 0.6 is 0 Å². The summed E-state index contributed by atoms with van der Waals surface area (Å²) < 4.78 is 51.7. The molecular weight excluding hydrogens is 308 g/mol. The average molecular weight is 322 g/mol. The van der Waals surface area contributed by atoms with Gasteiger partial charge in [-0.15, -0.1) is 0 Å². The van der Waals surface area contributed by atoms with Crippen molar-refractivity contribution in [1.29, 1.82) is 0 Å². The van der Waals surface area contributed by atoms with E-state index < -0.39 is 17.7 Å². The summed E-state index contributed by atoms with van der Waals surface area (Å²) in [5.41, 5.74) is 0.386. The summed E-state index contributed by atoms with van der Waals surface area (Å²) in [6.45, 7) is 0. The van der Waals surface area contributed by atoms with Gasteiger partial charge in [-0.1, -0.05) is 12.1 Å². The molecule has 0 fully saturated rings. The van der Waals surface area contributed by atoms with Crippen LogP contribution in [0.2, 0.25) is 0 Å². The summed E-state index contributed by atoms with van der Waals surface area (Å²) in [6.07, 6.45) is -1.55. The van der Waals surface area contributed by atoms with E-state index in [-0.39, 0.29) is 36.2 Å². The van der Waals surface area contributed by atoms with Gasteiger partial charge in [-0.25, -0.2) is 8.78 Å². The second-order valence-corrected chi connectivity index (χ2v) is 5.03. The molecule has 120 valence electrons. The van der Waals surface area contributed by atoms with Crippen LogP contribution in [0.25, 0.3) is 5.57 Å². The van der Waals surface area contributed by atoms with Gasteiger partial charge in [0.1, 0.15) is 11.6 Å². The Morgan fingerprint density at radius 2 is 1.22 bits per heavy atom. The molecule has 0 atom stereocenters. The third-order valence-electron chi connectivity index (χ3n) is 3.42. The lowest BCUT2D eigenvalue weighted by molar-refractivity contribution is 0.0980. The maximum atomic E-state index is 13.0. The lowest BCUT2D eigenvalue weighted by Gasteiger charge is -2.07. The van der Waals surface area contributed by atoms with Gasteiger partial charge in [0.05, 0.1) is 0 Å². The number of Topliss-reactive ketones (excluding diaryl/α,β-unsaturated/α-hetero) is 1. The molecule has 0 radical (unpaired) electrons. The molecule has 0 aliphatic rings. The molecule has 0 bridgehead atoms. The van der Waals surface area contributed by atoms with E-state index in [1.807, 2.05) is 0 Å². The van der Waals surface area contributed by atoms with Gasteiger partial charge in [-0.05, 0) is 54.8 Å². The molecule has 0 saturated carbocycles.